The van der Waals surface area contributed by atoms with E-state index in [4.69, 9.17) is 0 Å². The first-order chi connectivity index (χ1) is 4.72. The van der Waals surface area contributed by atoms with Gasteiger partial charge in [-0.05, 0) is 25.2 Å². The van der Waals surface area contributed by atoms with Gasteiger partial charge in [-0.15, -0.1) is 0 Å². The van der Waals surface area contributed by atoms with E-state index in [1.165, 1.54) is 6.42 Å². The largest absolute Gasteiger partial charge is 0.0850 e. The fourth-order valence-corrected chi connectivity index (χ4v) is 1.21. The molecule has 1 rings (SSSR count). The maximum Gasteiger partial charge on any atom is -0.0206 e. The van der Waals surface area contributed by atoms with Gasteiger partial charge in [0, 0.05) is 0 Å². The minimum Gasteiger partial charge on any atom is -0.0850 e. The van der Waals surface area contributed by atoms with E-state index in [9.17, 15) is 0 Å². The summed E-state index contributed by atoms with van der Waals surface area (Å²) in [5.41, 5.74) is 1.58. The zero-order chi connectivity index (χ0) is 8.15. The van der Waals surface area contributed by atoms with Gasteiger partial charge >= 0.3 is 0 Å². The average molecular weight is 140 g/mol. The van der Waals surface area contributed by atoms with Gasteiger partial charge in [-0.2, -0.15) is 0 Å². The van der Waals surface area contributed by atoms with Crippen LogP contribution in [0.4, 0.5) is 0 Å². The summed E-state index contributed by atoms with van der Waals surface area (Å²) in [6, 6.07) is 0. The van der Waals surface area contributed by atoms with E-state index in [0.29, 0.717) is 0 Å². The normalized spacial score (nSPS) is 30.7. The lowest BCUT2D eigenvalue weighted by atomic mass is 9.96. The van der Waals surface area contributed by atoms with Crippen molar-refractivity contribution in [2.75, 3.05) is 0 Å². The zero-order valence-corrected chi connectivity index (χ0v) is 7.94. The first kappa shape index (κ1) is 9.74. The monoisotopic (exact) mass is 140 g/mol. The van der Waals surface area contributed by atoms with Crippen LogP contribution in [0.5, 0.6) is 0 Å². The molecule has 0 nitrogen and oxygen atoms in total. The van der Waals surface area contributed by atoms with E-state index in [-0.39, 0.29) is 0 Å². The molecular formula is C10H20. The number of rotatable bonds is 0. The van der Waals surface area contributed by atoms with Gasteiger partial charge in [0.25, 0.3) is 0 Å². The Hall–Kier alpha value is -0.260. The molecule has 0 N–H and O–H groups in total. The molecule has 1 aliphatic rings. The number of hydrogen-bond acceptors (Lipinski definition) is 0. The van der Waals surface area contributed by atoms with Crippen molar-refractivity contribution in [1.29, 1.82) is 0 Å². The Bertz CT molecular complexity index is 111. The summed E-state index contributed by atoms with van der Waals surface area (Å²) in [5.74, 6) is 1.74. The van der Waals surface area contributed by atoms with Gasteiger partial charge < -0.3 is 0 Å². The van der Waals surface area contributed by atoms with Crippen LogP contribution in [0.25, 0.3) is 0 Å². The van der Waals surface area contributed by atoms with Crippen molar-refractivity contribution in [3.63, 3.8) is 0 Å². The van der Waals surface area contributed by atoms with Gasteiger partial charge in [0.05, 0.1) is 0 Å². The molecule has 0 heteroatoms. The molecule has 60 valence electrons. The lowest BCUT2D eigenvalue weighted by molar-refractivity contribution is 0.482. The SMILES string of the molecule is CC.CC1=CCC(C)C1C. The summed E-state index contributed by atoms with van der Waals surface area (Å²) in [5, 5.41) is 0. The maximum absolute atomic E-state index is 2.36. The van der Waals surface area contributed by atoms with Gasteiger partial charge in [-0.1, -0.05) is 39.3 Å². The van der Waals surface area contributed by atoms with Crippen molar-refractivity contribution in [1.82, 2.24) is 0 Å². The van der Waals surface area contributed by atoms with Crippen LogP contribution in [-0.2, 0) is 0 Å². The Labute approximate surface area is 65.3 Å². The molecular weight excluding hydrogens is 120 g/mol. The van der Waals surface area contributed by atoms with E-state index in [2.05, 4.69) is 26.8 Å². The van der Waals surface area contributed by atoms with E-state index < -0.39 is 0 Å². The molecule has 0 aromatic carbocycles. The molecule has 0 amide bonds. The fourth-order valence-electron chi connectivity index (χ4n) is 1.21. The van der Waals surface area contributed by atoms with Crippen LogP contribution < -0.4 is 0 Å². The van der Waals surface area contributed by atoms with Crippen LogP contribution in [-0.4, -0.2) is 0 Å². The van der Waals surface area contributed by atoms with E-state index in [1.807, 2.05) is 13.8 Å². The van der Waals surface area contributed by atoms with Gasteiger partial charge in [-0.25, -0.2) is 0 Å². The molecule has 0 aliphatic heterocycles. The van der Waals surface area contributed by atoms with Gasteiger partial charge in [0.1, 0.15) is 0 Å². The molecule has 0 heterocycles. The molecule has 0 saturated heterocycles. The molecule has 0 bridgehead atoms. The van der Waals surface area contributed by atoms with Gasteiger partial charge in [0.15, 0.2) is 0 Å². The Morgan fingerprint density at radius 1 is 1.30 bits per heavy atom. The van der Waals surface area contributed by atoms with Crippen molar-refractivity contribution in [2.45, 2.75) is 41.0 Å². The number of allylic oxidation sites excluding steroid dienone is 2. The first-order valence-corrected chi connectivity index (χ1v) is 4.38. The summed E-state index contributed by atoms with van der Waals surface area (Å²) in [7, 11) is 0. The van der Waals surface area contributed by atoms with Crippen molar-refractivity contribution in [3.8, 4) is 0 Å². The van der Waals surface area contributed by atoms with E-state index >= 15 is 0 Å². The standard InChI is InChI=1S/C8H14.C2H6/c1-6-4-5-7(2)8(6)3;1-2/h4,7-8H,5H2,1-3H3;1-2H3. The molecule has 2 atom stereocenters. The van der Waals surface area contributed by atoms with Crippen molar-refractivity contribution in [2.24, 2.45) is 11.8 Å². The predicted molar refractivity (Wildman–Crippen MR) is 48.1 cm³/mol. The van der Waals surface area contributed by atoms with Crippen LogP contribution in [0.1, 0.15) is 41.0 Å². The highest BCUT2D eigenvalue weighted by Crippen LogP contribution is 2.29. The second kappa shape index (κ2) is 4.54. The Kier molecular flexibility index (Phi) is 4.42. The second-order valence-corrected chi connectivity index (χ2v) is 2.95. The molecule has 0 fully saturated rings. The van der Waals surface area contributed by atoms with Crippen molar-refractivity contribution in [3.05, 3.63) is 11.6 Å². The highest BCUT2D eigenvalue weighted by atomic mass is 14.2. The zero-order valence-electron chi connectivity index (χ0n) is 7.94. The van der Waals surface area contributed by atoms with Crippen LogP contribution in [0, 0.1) is 11.8 Å². The quantitative estimate of drug-likeness (QED) is 0.451. The predicted octanol–water partition coefficient (Wildman–Crippen LogP) is 3.63. The van der Waals surface area contributed by atoms with Crippen LogP contribution in [0.3, 0.4) is 0 Å². The van der Waals surface area contributed by atoms with Crippen LogP contribution in [0.2, 0.25) is 0 Å². The van der Waals surface area contributed by atoms with Gasteiger partial charge in [0.2, 0.25) is 0 Å². The summed E-state index contributed by atoms with van der Waals surface area (Å²) in [6.07, 6.45) is 3.66. The van der Waals surface area contributed by atoms with E-state index in [1.54, 1.807) is 5.57 Å². The molecule has 0 radical (unpaired) electrons. The van der Waals surface area contributed by atoms with Gasteiger partial charge in [-0.3, -0.25) is 0 Å². The molecule has 2 unspecified atom stereocenters. The highest BCUT2D eigenvalue weighted by Gasteiger charge is 2.17. The lowest BCUT2D eigenvalue weighted by Gasteiger charge is -2.09. The molecule has 1 aliphatic carbocycles. The summed E-state index contributed by atoms with van der Waals surface area (Å²) < 4.78 is 0. The summed E-state index contributed by atoms with van der Waals surface area (Å²) >= 11 is 0. The summed E-state index contributed by atoms with van der Waals surface area (Å²) in [4.78, 5) is 0. The third-order valence-corrected chi connectivity index (χ3v) is 2.38. The maximum atomic E-state index is 2.36. The summed E-state index contributed by atoms with van der Waals surface area (Å²) in [6.45, 7) is 10.9. The van der Waals surface area contributed by atoms with Crippen molar-refractivity contribution >= 4 is 0 Å². The topological polar surface area (TPSA) is 0 Å². The van der Waals surface area contributed by atoms with Crippen LogP contribution >= 0.6 is 0 Å². The Balaban J connectivity index is 0.000000371. The van der Waals surface area contributed by atoms with E-state index in [0.717, 1.165) is 11.8 Å². The van der Waals surface area contributed by atoms with Crippen molar-refractivity contribution < 1.29 is 0 Å². The lowest BCUT2D eigenvalue weighted by Crippen LogP contribution is -2.00. The molecule has 0 saturated carbocycles. The average Bonchev–Trinajstić information content (AvgIpc) is 2.25. The molecule has 0 aromatic heterocycles. The first-order valence-electron chi connectivity index (χ1n) is 4.38. The minimum atomic E-state index is 0.843. The smallest absolute Gasteiger partial charge is 0.0206 e. The molecule has 10 heavy (non-hydrogen) atoms. The fraction of sp³-hybridized carbons (Fsp3) is 0.800. The minimum absolute atomic E-state index is 0.843. The molecule has 0 spiro atoms. The number of hydrogen-bond donors (Lipinski definition) is 0. The third-order valence-electron chi connectivity index (χ3n) is 2.38. The highest BCUT2D eigenvalue weighted by molar-refractivity contribution is 5.10. The Morgan fingerprint density at radius 3 is 1.90 bits per heavy atom. The third kappa shape index (κ3) is 2.17. The molecule has 0 aromatic rings. The Morgan fingerprint density at radius 2 is 1.80 bits per heavy atom. The second-order valence-electron chi connectivity index (χ2n) is 2.95. The van der Waals surface area contributed by atoms with Crippen LogP contribution in [0.15, 0.2) is 11.6 Å².